The quantitative estimate of drug-likeness (QED) is 0.648. The van der Waals surface area contributed by atoms with Crippen LogP contribution in [0.4, 0.5) is 5.69 Å². The van der Waals surface area contributed by atoms with Gasteiger partial charge in [-0.3, -0.25) is 9.52 Å². The summed E-state index contributed by atoms with van der Waals surface area (Å²) in [7, 11) is -3.76. The summed E-state index contributed by atoms with van der Waals surface area (Å²) >= 11 is 0. The summed E-state index contributed by atoms with van der Waals surface area (Å²) in [5.41, 5.74) is 1.88. The van der Waals surface area contributed by atoms with Crippen LogP contribution < -0.4 is 10.0 Å². The van der Waals surface area contributed by atoms with Crippen molar-refractivity contribution < 1.29 is 13.2 Å². The number of amides is 1. The molecule has 2 N–H and O–H groups in total. The largest absolute Gasteiger partial charge is 0.352 e. The molecule has 2 aromatic carbocycles. The number of hydrogen-bond donors (Lipinski definition) is 2. The summed E-state index contributed by atoms with van der Waals surface area (Å²) in [6, 6.07) is 13.2. The Hall–Kier alpha value is -2.38. The summed E-state index contributed by atoms with van der Waals surface area (Å²) in [6.07, 6.45) is 4.71. The first-order chi connectivity index (χ1) is 13.9. The third kappa shape index (κ3) is 6.30. The summed E-state index contributed by atoms with van der Waals surface area (Å²) in [5, 5.41) is 2.89. The lowest BCUT2D eigenvalue weighted by Crippen LogP contribution is -2.33. The van der Waals surface area contributed by atoms with Gasteiger partial charge in [0.15, 0.2) is 0 Å². The van der Waals surface area contributed by atoms with Gasteiger partial charge in [0.1, 0.15) is 0 Å². The lowest BCUT2D eigenvalue weighted by molar-refractivity contribution is 0.0951. The average molecular weight is 416 g/mol. The SMILES string of the molecule is Cc1ccc(NS(=O)(=O)c2cccc(C(=O)NCCCN3CCCCC3)c2)cc1. The summed E-state index contributed by atoms with van der Waals surface area (Å²) in [4.78, 5) is 14.9. The molecule has 3 rings (SSSR count). The highest BCUT2D eigenvalue weighted by atomic mass is 32.2. The summed E-state index contributed by atoms with van der Waals surface area (Å²) in [5.74, 6) is -0.254. The van der Waals surface area contributed by atoms with E-state index in [1.807, 2.05) is 19.1 Å². The van der Waals surface area contributed by atoms with Crippen LogP contribution in [0.15, 0.2) is 53.4 Å². The Morgan fingerprint density at radius 3 is 2.48 bits per heavy atom. The van der Waals surface area contributed by atoms with Crippen LogP contribution in [-0.4, -0.2) is 45.4 Å². The minimum atomic E-state index is -3.76. The molecule has 0 unspecified atom stereocenters. The monoisotopic (exact) mass is 415 g/mol. The summed E-state index contributed by atoms with van der Waals surface area (Å²) in [6.45, 7) is 5.78. The smallest absolute Gasteiger partial charge is 0.261 e. The molecule has 0 aromatic heterocycles. The van der Waals surface area contributed by atoms with Crippen molar-refractivity contribution in [1.29, 1.82) is 0 Å². The van der Waals surface area contributed by atoms with Crippen LogP contribution in [-0.2, 0) is 10.0 Å². The highest BCUT2D eigenvalue weighted by molar-refractivity contribution is 7.92. The van der Waals surface area contributed by atoms with Crippen molar-refractivity contribution in [2.24, 2.45) is 0 Å². The van der Waals surface area contributed by atoms with Gasteiger partial charge in [-0.2, -0.15) is 0 Å². The maximum absolute atomic E-state index is 12.6. The second-order valence-corrected chi connectivity index (χ2v) is 9.19. The number of carbonyl (C=O) groups excluding carboxylic acids is 1. The number of piperidine rings is 1. The van der Waals surface area contributed by atoms with Crippen molar-refractivity contribution in [3.05, 3.63) is 59.7 Å². The van der Waals surface area contributed by atoms with Gasteiger partial charge in [0, 0.05) is 17.8 Å². The Kier molecular flexibility index (Phi) is 7.28. The molecule has 1 aliphatic heterocycles. The van der Waals surface area contributed by atoms with Gasteiger partial charge in [-0.25, -0.2) is 8.42 Å². The molecule has 6 nitrogen and oxygen atoms in total. The molecule has 1 fully saturated rings. The van der Waals surface area contributed by atoms with E-state index in [4.69, 9.17) is 0 Å². The predicted octanol–water partition coefficient (Wildman–Crippen LogP) is 3.40. The zero-order valence-electron chi connectivity index (χ0n) is 16.9. The average Bonchev–Trinajstić information content (AvgIpc) is 2.73. The molecule has 0 bridgehead atoms. The van der Waals surface area contributed by atoms with E-state index in [1.54, 1.807) is 24.3 Å². The number of anilines is 1. The van der Waals surface area contributed by atoms with Crippen molar-refractivity contribution in [3.8, 4) is 0 Å². The standard InChI is InChI=1S/C22H29N3O3S/c1-18-9-11-20(12-10-18)24-29(27,28)21-8-5-7-19(17-21)22(26)23-13-6-16-25-14-3-2-4-15-25/h5,7-12,17,24H,2-4,6,13-16H2,1H3,(H,23,26). The minimum Gasteiger partial charge on any atom is -0.352 e. The molecule has 2 aromatic rings. The van der Waals surface area contributed by atoms with Crippen molar-refractivity contribution in [2.75, 3.05) is 30.9 Å². The number of nitrogens with zero attached hydrogens (tertiary/aromatic N) is 1. The molecular formula is C22H29N3O3S. The van der Waals surface area contributed by atoms with E-state index in [9.17, 15) is 13.2 Å². The van der Waals surface area contributed by atoms with Gasteiger partial charge in [-0.15, -0.1) is 0 Å². The fourth-order valence-corrected chi connectivity index (χ4v) is 4.53. The van der Waals surface area contributed by atoms with E-state index in [1.165, 1.54) is 31.4 Å². The topological polar surface area (TPSA) is 78.5 Å². The first kappa shape index (κ1) is 21.3. The van der Waals surface area contributed by atoms with Crippen LogP contribution in [0.25, 0.3) is 0 Å². The van der Waals surface area contributed by atoms with Crippen LogP contribution in [0.2, 0.25) is 0 Å². The van der Waals surface area contributed by atoms with E-state index >= 15 is 0 Å². The fourth-order valence-electron chi connectivity index (χ4n) is 3.43. The number of carbonyl (C=O) groups is 1. The highest BCUT2D eigenvalue weighted by Gasteiger charge is 2.16. The molecule has 1 amide bonds. The minimum absolute atomic E-state index is 0.0686. The third-order valence-electron chi connectivity index (χ3n) is 5.10. The van der Waals surface area contributed by atoms with Crippen LogP contribution in [0.5, 0.6) is 0 Å². The molecule has 0 aliphatic carbocycles. The molecule has 0 saturated carbocycles. The van der Waals surface area contributed by atoms with Crippen molar-refractivity contribution in [1.82, 2.24) is 10.2 Å². The van der Waals surface area contributed by atoms with E-state index in [0.717, 1.165) is 31.6 Å². The lowest BCUT2D eigenvalue weighted by Gasteiger charge is -2.26. The Labute approximate surface area is 173 Å². The number of aryl methyl sites for hydroxylation is 1. The first-order valence-corrected chi connectivity index (χ1v) is 11.6. The molecular weight excluding hydrogens is 386 g/mol. The maximum Gasteiger partial charge on any atom is 0.261 e. The fraction of sp³-hybridized carbons (Fsp3) is 0.409. The zero-order chi connectivity index (χ0) is 20.7. The molecule has 1 aliphatic rings. The highest BCUT2D eigenvalue weighted by Crippen LogP contribution is 2.18. The Balaban J connectivity index is 1.56. The zero-order valence-corrected chi connectivity index (χ0v) is 17.7. The van der Waals surface area contributed by atoms with Crippen molar-refractivity contribution >= 4 is 21.6 Å². The molecule has 1 heterocycles. The number of likely N-dealkylation sites (tertiary alicyclic amines) is 1. The van der Waals surface area contributed by atoms with E-state index in [-0.39, 0.29) is 10.8 Å². The Morgan fingerprint density at radius 1 is 1.03 bits per heavy atom. The maximum atomic E-state index is 12.6. The number of hydrogen-bond acceptors (Lipinski definition) is 4. The van der Waals surface area contributed by atoms with Gasteiger partial charge in [0.05, 0.1) is 4.90 Å². The predicted molar refractivity (Wildman–Crippen MR) is 116 cm³/mol. The number of sulfonamides is 1. The van der Waals surface area contributed by atoms with Gasteiger partial charge >= 0.3 is 0 Å². The third-order valence-corrected chi connectivity index (χ3v) is 6.47. The van der Waals surface area contributed by atoms with Gasteiger partial charge in [0.25, 0.3) is 15.9 Å². The van der Waals surface area contributed by atoms with Crippen LogP contribution in [0, 0.1) is 6.92 Å². The molecule has 29 heavy (non-hydrogen) atoms. The normalized spacial score (nSPS) is 15.1. The second kappa shape index (κ2) is 9.89. The summed E-state index contributed by atoms with van der Waals surface area (Å²) < 4.78 is 27.8. The number of rotatable bonds is 8. The van der Waals surface area contributed by atoms with E-state index in [2.05, 4.69) is 14.9 Å². The molecule has 0 spiro atoms. The van der Waals surface area contributed by atoms with Crippen LogP contribution in [0.3, 0.4) is 0 Å². The van der Waals surface area contributed by atoms with E-state index in [0.29, 0.717) is 17.8 Å². The Bertz CT molecular complexity index is 921. The molecule has 1 saturated heterocycles. The van der Waals surface area contributed by atoms with Crippen molar-refractivity contribution in [2.45, 2.75) is 37.5 Å². The molecule has 0 atom stereocenters. The molecule has 7 heteroatoms. The van der Waals surface area contributed by atoms with Crippen LogP contribution >= 0.6 is 0 Å². The van der Waals surface area contributed by atoms with Crippen LogP contribution in [0.1, 0.15) is 41.6 Å². The number of benzene rings is 2. The van der Waals surface area contributed by atoms with Gasteiger partial charge < -0.3 is 10.2 Å². The lowest BCUT2D eigenvalue weighted by atomic mass is 10.1. The van der Waals surface area contributed by atoms with Gasteiger partial charge in [0.2, 0.25) is 0 Å². The Morgan fingerprint density at radius 2 is 1.76 bits per heavy atom. The second-order valence-electron chi connectivity index (χ2n) is 7.51. The first-order valence-electron chi connectivity index (χ1n) is 10.1. The molecule has 156 valence electrons. The van der Waals surface area contributed by atoms with Crippen molar-refractivity contribution in [3.63, 3.8) is 0 Å². The number of nitrogens with one attached hydrogen (secondary N) is 2. The van der Waals surface area contributed by atoms with Gasteiger partial charge in [-0.1, -0.05) is 30.2 Å². The van der Waals surface area contributed by atoms with Gasteiger partial charge in [-0.05, 0) is 76.2 Å². The molecule has 0 radical (unpaired) electrons. The van der Waals surface area contributed by atoms with E-state index < -0.39 is 10.0 Å².